The lowest BCUT2D eigenvalue weighted by atomic mass is 10.1. The smallest absolute Gasteiger partial charge is 0.183 e. The lowest BCUT2D eigenvalue weighted by molar-refractivity contribution is -0.140. The van der Waals surface area contributed by atoms with E-state index in [0.717, 1.165) is 24.3 Å². The van der Waals surface area contributed by atoms with Gasteiger partial charge >= 0.3 is 0 Å². The minimum atomic E-state index is -0.275. The van der Waals surface area contributed by atoms with E-state index in [4.69, 9.17) is 14.2 Å². The number of rotatable bonds is 13. The first-order valence-electron chi connectivity index (χ1n) is 8.77. The summed E-state index contributed by atoms with van der Waals surface area (Å²) in [4.78, 5) is 0. The second-order valence-electron chi connectivity index (χ2n) is 5.43. The van der Waals surface area contributed by atoms with E-state index in [1.807, 2.05) is 38.1 Å². The van der Waals surface area contributed by atoms with Crippen molar-refractivity contribution in [1.29, 1.82) is 0 Å². The van der Waals surface area contributed by atoms with Gasteiger partial charge in [0.15, 0.2) is 6.29 Å². The third-order valence-electron chi connectivity index (χ3n) is 3.55. The van der Waals surface area contributed by atoms with Crippen molar-refractivity contribution in [2.45, 2.75) is 65.6 Å². The molecule has 3 heteroatoms. The fourth-order valence-corrected chi connectivity index (χ4v) is 2.34. The summed E-state index contributed by atoms with van der Waals surface area (Å²) in [5, 5.41) is 0. The quantitative estimate of drug-likeness (QED) is 0.356. The van der Waals surface area contributed by atoms with Gasteiger partial charge in [-0.3, -0.25) is 0 Å². The van der Waals surface area contributed by atoms with Gasteiger partial charge < -0.3 is 14.2 Å². The van der Waals surface area contributed by atoms with Crippen LogP contribution in [0.3, 0.4) is 0 Å². The van der Waals surface area contributed by atoms with Gasteiger partial charge in [0.2, 0.25) is 0 Å². The van der Waals surface area contributed by atoms with Crippen LogP contribution in [0.5, 0.6) is 5.75 Å². The number of unbranched alkanes of at least 4 members (excludes halogenated alkanes) is 5. The van der Waals surface area contributed by atoms with Crippen LogP contribution >= 0.6 is 0 Å². The number of hydrogen-bond acceptors (Lipinski definition) is 3. The molecule has 22 heavy (non-hydrogen) atoms. The number of hydrogen-bond donors (Lipinski definition) is 0. The van der Waals surface area contributed by atoms with E-state index in [9.17, 15) is 0 Å². The number of ether oxygens (including phenoxy) is 3. The summed E-state index contributed by atoms with van der Waals surface area (Å²) in [5.41, 5.74) is 1.04. The summed E-state index contributed by atoms with van der Waals surface area (Å²) in [6.07, 6.45) is 7.43. The molecule has 1 aromatic rings. The van der Waals surface area contributed by atoms with Crippen LogP contribution in [-0.2, 0) is 9.47 Å². The topological polar surface area (TPSA) is 27.7 Å². The van der Waals surface area contributed by atoms with E-state index in [1.54, 1.807) is 0 Å². The van der Waals surface area contributed by atoms with Gasteiger partial charge in [-0.25, -0.2) is 0 Å². The minimum absolute atomic E-state index is 0.275. The summed E-state index contributed by atoms with van der Waals surface area (Å²) in [7, 11) is 0. The second kappa shape index (κ2) is 12.5. The molecule has 0 amide bonds. The van der Waals surface area contributed by atoms with E-state index < -0.39 is 0 Å². The fourth-order valence-electron chi connectivity index (χ4n) is 2.34. The van der Waals surface area contributed by atoms with Crippen LogP contribution in [0.25, 0.3) is 0 Å². The molecule has 0 saturated heterocycles. The van der Waals surface area contributed by atoms with E-state index in [-0.39, 0.29) is 6.29 Å². The highest BCUT2D eigenvalue weighted by molar-refractivity contribution is 5.28. The third kappa shape index (κ3) is 7.81. The normalized spacial score (nSPS) is 11.1. The van der Waals surface area contributed by atoms with E-state index >= 15 is 0 Å². The Morgan fingerprint density at radius 1 is 0.773 bits per heavy atom. The second-order valence-corrected chi connectivity index (χ2v) is 5.43. The minimum Gasteiger partial charge on any atom is -0.494 e. The predicted octanol–water partition coefficient (Wildman–Crippen LogP) is 5.50. The molecule has 0 N–H and O–H groups in total. The van der Waals surface area contributed by atoms with Crippen LogP contribution in [0.4, 0.5) is 0 Å². The van der Waals surface area contributed by atoms with Crippen LogP contribution in [0.2, 0.25) is 0 Å². The number of benzene rings is 1. The van der Waals surface area contributed by atoms with Gasteiger partial charge in [-0.15, -0.1) is 0 Å². The Kier molecular flexibility index (Phi) is 10.8. The average molecular weight is 308 g/mol. The summed E-state index contributed by atoms with van der Waals surface area (Å²) < 4.78 is 17.0. The summed E-state index contributed by atoms with van der Waals surface area (Å²) in [6.45, 7) is 8.27. The molecule has 0 heterocycles. The molecule has 0 radical (unpaired) electrons. The maximum atomic E-state index is 5.79. The van der Waals surface area contributed by atoms with Gasteiger partial charge in [0.05, 0.1) is 6.61 Å². The maximum Gasteiger partial charge on any atom is 0.183 e. The van der Waals surface area contributed by atoms with Crippen LogP contribution in [0, 0.1) is 0 Å². The molecule has 0 aliphatic rings. The summed E-state index contributed by atoms with van der Waals surface area (Å²) in [5.74, 6) is 0.920. The Morgan fingerprint density at radius 3 is 1.95 bits per heavy atom. The molecule has 126 valence electrons. The van der Waals surface area contributed by atoms with E-state index in [2.05, 4.69) is 6.92 Å². The van der Waals surface area contributed by atoms with Crippen LogP contribution in [-0.4, -0.2) is 19.8 Å². The van der Waals surface area contributed by atoms with Crippen molar-refractivity contribution in [1.82, 2.24) is 0 Å². The van der Waals surface area contributed by atoms with Gasteiger partial charge in [-0.1, -0.05) is 51.2 Å². The van der Waals surface area contributed by atoms with Crippen molar-refractivity contribution < 1.29 is 14.2 Å². The van der Waals surface area contributed by atoms with Crippen molar-refractivity contribution in [2.75, 3.05) is 19.8 Å². The van der Waals surface area contributed by atoms with Gasteiger partial charge in [-0.2, -0.15) is 0 Å². The van der Waals surface area contributed by atoms with Crippen LogP contribution in [0.1, 0.15) is 71.1 Å². The molecular weight excluding hydrogens is 276 g/mol. The fraction of sp³-hybridized carbons (Fsp3) is 0.684. The summed E-state index contributed by atoms with van der Waals surface area (Å²) in [6, 6.07) is 8.04. The van der Waals surface area contributed by atoms with Crippen molar-refractivity contribution in [3.63, 3.8) is 0 Å². The van der Waals surface area contributed by atoms with Gasteiger partial charge in [0.25, 0.3) is 0 Å². The van der Waals surface area contributed by atoms with E-state index in [0.29, 0.717) is 13.2 Å². The molecule has 0 spiro atoms. The standard InChI is InChI=1S/C19H32O3/c1-4-7-8-9-10-11-16-22-18-14-12-17(13-15-18)19(20-5-2)21-6-3/h12-15,19H,4-11,16H2,1-3H3. The molecule has 1 aromatic carbocycles. The molecule has 0 atom stereocenters. The molecule has 0 aliphatic heterocycles. The Hall–Kier alpha value is -1.06. The first kappa shape index (κ1) is 19.0. The average Bonchev–Trinajstić information content (AvgIpc) is 2.54. The zero-order valence-corrected chi connectivity index (χ0v) is 14.5. The van der Waals surface area contributed by atoms with Crippen LogP contribution < -0.4 is 4.74 Å². The Labute approximate surface area is 136 Å². The van der Waals surface area contributed by atoms with Gasteiger partial charge in [0, 0.05) is 18.8 Å². The van der Waals surface area contributed by atoms with Crippen molar-refractivity contribution in [3.8, 4) is 5.75 Å². The predicted molar refractivity (Wildman–Crippen MR) is 91.3 cm³/mol. The zero-order valence-electron chi connectivity index (χ0n) is 14.5. The van der Waals surface area contributed by atoms with E-state index in [1.165, 1.54) is 32.1 Å². The molecular formula is C19H32O3. The molecule has 0 fully saturated rings. The Morgan fingerprint density at radius 2 is 1.36 bits per heavy atom. The first-order valence-corrected chi connectivity index (χ1v) is 8.77. The molecule has 0 aromatic heterocycles. The highest BCUT2D eigenvalue weighted by Crippen LogP contribution is 2.22. The van der Waals surface area contributed by atoms with Crippen LogP contribution in [0.15, 0.2) is 24.3 Å². The molecule has 1 rings (SSSR count). The van der Waals surface area contributed by atoms with Crippen molar-refractivity contribution in [3.05, 3.63) is 29.8 Å². The maximum absolute atomic E-state index is 5.79. The molecule has 3 nitrogen and oxygen atoms in total. The van der Waals surface area contributed by atoms with Crippen molar-refractivity contribution >= 4 is 0 Å². The Balaban J connectivity index is 2.28. The molecule has 0 bridgehead atoms. The highest BCUT2D eigenvalue weighted by Gasteiger charge is 2.10. The third-order valence-corrected chi connectivity index (χ3v) is 3.55. The highest BCUT2D eigenvalue weighted by atomic mass is 16.7. The van der Waals surface area contributed by atoms with Gasteiger partial charge in [0.1, 0.15) is 5.75 Å². The largest absolute Gasteiger partial charge is 0.494 e. The molecule has 0 saturated carbocycles. The Bertz CT molecular complexity index is 355. The SMILES string of the molecule is CCCCCCCCOc1ccc(C(OCC)OCC)cc1. The zero-order chi connectivity index (χ0) is 16.0. The van der Waals surface area contributed by atoms with Gasteiger partial charge in [-0.05, 0) is 32.4 Å². The lowest BCUT2D eigenvalue weighted by Gasteiger charge is -2.17. The lowest BCUT2D eigenvalue weighted by Crippen LogP contribution is -2.08. The molecule has 0 aliphatic carbocycles. The summed E-state index contributed by atoms with van der Waals surface area (Å²) >= 11 is 0. The first-order chi connectivity index (χ1) is 10.8. The van der Waals surface area contributed by atoms with Crippen molar-refractivity contribution in [2.24, 2.45) is 0 Å². The molecule has 0 unspecified atom stereocenters. The monoisotopic (exact) mass is 308 g/mol.